The molecule has 0 aliphatic rings. The van der Waals surface area contributed by atoms with Gasteiger partial charge in [0.15, 0.2) is 11.2 Å². The van der Waals surface area contributed by atoms with Crippen molar-refractivity contribution < 1.29 is 33.3 Å². The first-order chi connectivity index (χ1) is 9.65. The van der Waals surface area contributed by atoms with Gasteiger partial charge in [-0.15, -0.1) is 10.2 Å². The third kappa shape index (κ3) is 4.07. The Morgan fingerprint density at radius 1 is 1.05 bits per heavy atom. The fourth-order valence-electron chi connectivity index (χ4n) is 2.10. The Bertz CT molecular complexity index is 792. The van der Waals surface area contributed by atoms with Crippen molar-refractivity contribution >= 4 is 26.5 Å². The zero-order valence-corrected chi connectivity index (χ0v) is 13.2. The van der Waals surface area contributed by atoms with Crippen molar-refractivity contribution in [2.75, 3.05) is 0 Å². The van der Waals surface area contributed by atoms with Crippen molar-refractivity contribution in [1.29, 1.82) is 0 Å². The average Bonchev–Trinajstić information content (AvgIpc) is 2.63. The molecule has 6 nitrogen and oxygen atoms in total. The lowest BCUT2D eigenvalue weighted by Gasteiger charge is -2.17. The van der Waals surface area contributed by atoms with Crippen LogP contribution in [0.1, 0.15) is 17.0 Å². The van der Waals surface area contributed by atoms with Crippen molar-refractivity contribution in [2.24, 2.45) is 0 Å². The molecule has 0 N–H and O–H groups in total. The molecule has 3 aromatic rings. The molecule has 0 aliphatic carbocycles. The quantitative estimate of drug-likeness (QED) is 0.452. The monoisotopic (exact) mass is 328 g/mol. The summed E-state index contributed by atoms with van der Waals surface area (Å²) in [5.41, 5.74) is 4.89. The summed E-state index contributed by atoms with van der Waals surface area (Å²) in [6, 6.07) is 8.68. The number of hydrogen-bond acceptors (Lipinski definition) is 6. The second-order valence-electron chi connectivity index (χ2n) is 4.61. The Labute approximate surface area is 127 Å². The van der Waals surface area contributed by atoms with Gasteiger partial charge >= 0.3 is 4.96 Å². The zero-order valence-electron chi connectivity index (χ0n) is 11.6. The highest BCUT2D eigenvalue weighted by molar-refractivity contribution is 7.22. The van der Waals surface area contributed by atoms with E-state index in [9.17, 15) is 0 Å². The fourth-order valence-corrected chi connectivity index (χ4v) is 3.33. The molecule has 0 unspecified atom stereocenters. The van der Waals surface area contributed by atoms with Crippen LogP contribution in [0, 0.1) is 31.0 Å². The van der Waals surface area contributed by atoms with Gasteiger partial charge in [-0.3, -0.25) is 0 Å². The van der Waals surface area contributed by atoms with Gasteiger partial charge in [-0.2, -0.15) is 4.40 Å². The molecule has 0 spiro atoms. The fraction of sp³-hybridized carbons (Fsp3) is 0.231. The van der Waals surface area contributed by atoms with Crippen LogP contribution in [0.2, 0.25) is 0 Å². The minimum Gasteiger partial charge on any atom is -0.222 e. The first kappa shape index (κ1) is 16.0. The highest BCUT2D eigenvalue weighted by atomic mass is 35.7. The number of nitrogens with zero attached hydrogens (tertiary/aromatic N) is 2. The van der Waals surface area contributed by atoms with Crippen LogP contribution in [0.25, 0.3) is 15.2 Å². The van der Waals surface area contributed by atoms with E-state index in [0.717, 1.165) is 10.7 Å². The van der Waals surface area contributed by atoms with Crippen molar-refractivity contribution in [3.63, 3.8) is 0 Å². The summed E-state index contributed by atoms with van der Waals surface area (Å²) in [7, 11) is -4.94. The van der Waals surface area contributed by atoms with Crippen LogP contribution in [0.3, 0.4) is 0 Å². The summed E-state index contributed by atoms with van der Waals surface area (Å²) in [6.45, 7) is 6.30. The maximum absolute atomic E-state index is 8.49. The molecular formula is C13H13ClN2O4S. The Morgan fingerprint density at radius 3 is 2.29 bits per heavy atom. The minimum absolute atomic E-state index is 1.08. The van der Waals surface area contributed by atoms with Crippen LogP contribution in [0.15, 0.2) is 24.3 Å². The van der Waals surface area contributed by atoms with Crippen molar-refractivity contribution in [3.05, 3.63) is 41.2 Å². The molecule has 3 rings (SSSR count). The maximum Gasteiger partial charge on any atom is 0.388 e. The van der Waals surface area contributed by atoms with Gasteiger partial charge in [0.25, 0.3) is 0 Å². The summed E-state index contributed by atoms with van der Waals surface area (Å²) in [6.07, 6.45) is 0. The van der Waals surface area contributed by atoms with Gasteiger partial charge in [0.1, 0.15) is 5.69 Å². The van der Waals surface area contributed by atoms with Crippen molar-refractivity contribution in [1.82, 2.24) is 4.98 Å². The molecule has 2 heterocycles. The number of thiazole rings is 1. The van der Waals surface area contributed by atoms with E-state index in [2.05, 4.69) is 47.5 Å². The van der Waals surface area contributed by atoms with E-state index < -0.39 is 10.2 Å². The van der Waals surface area contributed by atoms with E-state index in [1.165, 1.54) is 21.5 Å². The predicted octanol–water partition coefficient (Wildman–Crippen LogP) is -1.80. The summed E-state index contributed by atoms with van der Waals surface area (Å²) in [4.78, 5) is 5.67. The maximum atomic E-state index is 8.49. The van der Waals surface area contributed by atoms with Gasteiger partial charge < -0.3 is 0 Å². The highest BCUT2D eigenvalue weighted by Gasteiger charge is 2.16. The van der Waals surface area contributed by atoms with E-state index in [4.69, 9.17) is 18.6 Å². The first-order valence-electron chi connectivity index (χ1n) is 5.96. The number of hydrogen-bond donors (Lipinski definition) is 0. The highest BCUT2D eigenvalue weighted by Crippen LogP contribution is 2.22. The molecule has 21 heavy (non-hydrogen) atoms. The Kier molecular flexibility index (Phi) is 4.43. The van der Waals surface area contributed by atoms with Gasteiger partial charge in [-0.05, 0) is 47.9 Å². The third-order valence-corrected chi connectivity index (χ3v) is 3.79. The lowest BCUT2D eigenvalue weighted by Crippen LogP contribution is -2.68. The summed E-state index contributed by atoms with van der Waals surface area (Å²) >= 11 is 1.76. The molecule has 0 saturated heterocycles. The second kappa shape index (κ2) is 5.80. The summed E-state index contributed by atoms with van der Waals surface area (Å²) in [5.74, 6) is 0. The van der Waals surface area contributed by atoms with Crippen LogP contribution in [-0.4, -0.2) is 4.98 Å². The van der Waals surface area contributed by atoms with Crippen LogP contribution >= 0.6 is 11.3 Å². The van der Waals surface area contributed by atoms with Crippen LogP contribution in [0.4, 0.5) is 0 Å². The summed E-state index contributed by atoms with van der Waals surface area (Å²) in [5, 5.41) is 0. The third-order valence-electron chi connectivity index (χ3n) is 2.79. The van der Waals surface area contributed by atoms with E-state index in [-0.39, 0.29) is 0 Å². The lowest BCUT2D eigenvalue weighted by atomic mass is 10.2. The molecule has 1 aromatic carbocycles. The first-order valence-corrected chi connectivity index (χ1v) is 8.01. The second-order valence-corrected chi connectivity index (χ2v) is 6.37. The largest absolute Gasteiger partial charge is 0.388 e. The van der Waals surface area contributed by atoms with E-state index >= 15 is 0 Å². The van der Waals surface area contributed by atoms with E-state index in [1.54, 1.807) is 11.3 Å². The number of benzene rings is 1. The van der Waals surface area contributed by atoms with Gasteiger partial charge in [0.05, 0.1) is 4.70 Å². The smallest absolute Gasteiger partial charge is 0.222 e. The molecule has 0 fully saturated rings. The van der Waals surface area contributed by atoms with Gasteiger partial charge in [-0.1, -0.05) is 6.07 Å². The number of rotatable bonds is 0. The standard InChI is InChI=1S/C13H13N2S.ClHO4/c1-8-4-5-11-12(6-8)16-13-14-9(2)7-10(3)15(11)13;2-1(3,4)5/h4-7H,1-3H3;(H,2,3,4,5)/q+1;/p-1. The Balaban J connectivity index is 0.000000282. The number of fused-ring (bicyclic) bond motifs is 3. The molecular weight excluding hydrogens is 316 g/mol. The molecule has 0 saturated carbocycles. The van der Waals surface area contributed by atoms with Crippen molar-refractivity contribution in [3.8, 4) is 0 Å². The number of aryl methyl sites for hydroxylation is 3. The van der Waals surface area contributed by atoms with E-state index in [0.29, 0.717) is 0 Å². The zero-order chi connectivity index (χ0) is 15.8. The van der Waals surface area contributed by atoms with Gasteiger partial charge in [0, 0.05) is 13.0 Å². The number of aromatic nitrogens is 2. The average molecular weight is 329 g/mol. The molecule has 8 heteroatoms. The SMILES string of the molecule is Cc1ccc2c(c1)sc1nc(C)cc(C)[n+]12.[O-][Cl+3]([O-])([O-])[O-]. The van der Waals surface area contributed by atoms with Crippen LogP contribution in [0.5, 0.6) is 0 Å². The molecule has 112 valence electrons. The van der Waals surface area contributed by atoms with E-state index in [1.807, 2.05) is 6.92 Å². The van der Waals surface area contributed by atoms with Gasteiger partial charge in [0.2, 0.25) is 0 Å². The van der Waals surface area contributed by atoms with Gasteiger partial charge in [-0.25, -0.2) is 18.6 Å². The topological polar surface area (TPSA) is 109 Å². The molecule has 2 aromatic heterocycles. The van der Waals surface area contributed by atoms with Crippen LogP contribution < -0.4 is 23.0 Å². The van der Waals surface area contributed by atoms with Crippen LogP contribution in [-0.2, 0) is 0 Å². The number of halogens is 1. The predicted molar refractivity (Wildman–Crippen MR) is 67.0 cm³/mol. The molecule has 0 atom stereocenters. The Hall–Kier alpha value is -1.35. The summed E-state index contributed by atoms with van der Waals surface area (Å²) < 4.78 is 37.5. The minimum atomic E-state index is -4.94. The molecule has 0 aliphatic heterocycles. The Morgan fingerprint density at radius 2 is 1.67 bits per heavy atom. The lowest BCUT2D eigenvalue weighted by molar-refractivity contribution is -2.00. The normalized spacial score (nSPS) is 11.6. The molecule has 0 bridgehead atoms. The molecule has 0 amide bonds. The van der Waals surface area contributed by atoms with Crippen molar-refractivity contribution in [2.45, 2.75) is 20.8 Å². The molecule has 0 radical (unpaired) electrons.